The highest BCUT2D eigenvalue weighted by atomic mass is 32.1. The molecule has 0 fully saturated rings. The van der Waals surface area contributed by atoms with Gasteiger partial charge in [-0.3, -0.25) is 4.79 Å². The molecule has 0 spiro atoms. The van der Waals surface area contributed by atoms with E-state index in [2.05, 4.69) is 10.5 Å². The normalized spacial score (nSPS) is 10.6. The van der Waals surface area contributed by atoms with Crippen LogP contribution in [-0.4, -0.2) is 32.3 Å². The number of methoxy groups -OCH3 is 2. The van der Waals surface area contributed by atoms with Crippen molar-refractivity contribution in [3.8, 4) is 17.2 Å². The molecule has 1 N–H and O–H groups in total. The highest BCUT2D eigenvalue weighted by Crippen LogP contribution is 2.27. The van der Waals surface area contributed by atoms with Gasteiger partial charge in [0.15, 0.2) is 11.5 Å². The van der Waals surface area contributed by atoms with Gasteiger partial charge in [-0.1, -0.05) is 12.1 Å². The molecule has 0 aliphatic rings. The maximum absolute atomic E-state index is 12.1. The van der Waals surface area contributed by atoms with Crippen LogP contribution in [0.25, 0.3) is 0 Å². The molecule has 0 saturated heterocycles. The van der Waals surface area contributed by atoms with Crippen molar-refractivity contribution in [2.24, 2.45) is 5.10 Å². The van der Waals surface area contributed by atoms with Gasteiger partial charge >= 0.3 is 5.97 Å². The van der Waals surface area contributed by atoms with E-state index in [4.69, 9.17) is 14.2 Å². The first-order valence-electron chi connectivity index (χ1n) is 8.97. The van der Waals surface area contributed by atoms with Gasteiger partial charge in [0, 0.05) is 0 Å². The van der Waals surface area contributed by atoms with Crippen LogP contribution in [0.4, 0.5) is 0 Å². The molecule has 30 heavy (non-hydrogen) atoms. The smallest absolute Gasteiger partial charge is 0.353 e. The Bertz CT molecular complexity index is 1030. The van der Waals surface area contributed by atoms with Crippen molar-refractivity contribution in [1.29, 1.82) is 0 Å². The minimum Gasteiger partial charge on any atom is -0.493 e. The second-order valence-electron chi connectivity index (χ2n) is 6.10. The number of nitrogens with one attached hydrogen (secondary N) is 1. The summed E-state index contributed by atoms with van der Waals surface area (Å²) in [6.07, 6.45) is 1.66. The minimum atomic E-state index is -0.395. The molecular formula is C22H20N2O5S. The van der Waals surface area contributed by atoms with Gasteiger partial charge in [-0.2, -0.15) is 5.10 Å². The third-order valence-corrected chi connectivity index (χ3v) is 4.88. The topological polar surface area (TPSA) is 86.2 Å². The number of thiophene rings is 1. The lowest BCUT2D eigenvalue weighted by molar-refractivity contribution is -0.120. The molecule has 7 nitrogen and oxygen atoms in total. The molecule has 3 aromatic rings. The van der Waals surface area contributed by atoms with Crippen LogP contribution in [0.15, 0.2) is 65.1 Å². The number of esters is 1. The molecule has 0 radical (unpaired) electrons. The molecule has 0 atom stereocenters. The van der Waals surface area contributed by atoms with E-state index in [1.807, 2.05) is 5.38 Å². The van der Waals surface area contributed by atoms with Crippen LogP contribution in [0.1, 0.15) is 20.8 Å². The van der Waals surface area contributed by atoms with Gasteiger partial charge in [0.2, 0.25) is 5.91 Å². The molecule has 1 amide bonds. The van der Waals surface area contributed by atoms with Gasteiger partial charge in [0.25, 0.3) is 0 Å². The van der Waals surface area contributed by atoms with E-state index < -0.39 is 5.97 Å². The predicted molar refractivity (Wildman–Crippen MR) is 115 cm³/mol. The maximum atomic E-state index is 12.1. The monoisotopic (exact) mass is 424 g/mol. The lowest BCUT2D eigenvalue weighted by atomic mass is 10.1. The first kappa shape index (κ1) is 21.1. The number of ether oxygens (including phenoxy) is 3. The zero-order chi connectivity index (χ0) is 21.3. The van der Waals surface area contributed by atoms with Crippen LogP contribution in [0.5, 0.6) is 17.2 Å². The number of hydrogen-bond donors (Lipinski definition) is 1. The van der Waals surface area contributed by atoms with E-state index in [0.717, 1.165) is 11.1 Å². The molecular weight excluding hydrogens is 404 g/mol. The molecule has 8 heteroatoms. The molecule has 1 aromatic heterocycles. The molecule has 0 aliphatic heterocycles. The Morgan fingerprint density at radius 2 is 1.80 bits per heavy atom. The summed E-state index contributed by atoms with van der Waals surface area (Å²) in [4.78, 5) is 24.6. The average molecular weight is 424 g/mol. The van der Waals surface area contributed by atoms with E-state index in [1.165, 1.54) is 17.6 Å². The first-order valence-corrected chi connectivity index (χ1v) is 9.85. The first-order chi connectivity index (χ1) is 14.6. The van der Waals surface area contributed by atoms with Crippen LogP contribution in [0.2, 0.25) is 0 Å². The highest BCUT2D eigenvalue weighted by Gasteiger charge is 2.09. The van der Waals surface area contributed by atoms with Crippen molar-refractivity contribution in [1.82, 2.24) is 5.43 Å². The molecule has 0 saturated carbocycles. The lowest BCUT2D eigenvalue weighted by Crippen LogP contribution is -2.19. The second-order valence-corrected chi connectivity index (χ2v) is 7.04. The van der Waals surface area contributed by atoms with Gasteiger partial charge in [0.05, 0.1) is 26.9 Å². The average Bonchev–Trinajstić information content (AvgIpc) is 3.30. The van der Waals surface area contributed by atoms with E-state index in [-0.39, 0.29) is 12.3 Å². The largest absolute Gasteiger partial charge is 0.493 e. The summed E-state index contributed by atoms with van der Waals surface area (Å²) < 4.78 is 15.7. The third kappa shape index (κ3) is 5.68. The minimum absolute atomic E-state index is 0.148. The fraction of sp³-hybridized carbons (Fsp3) is 0.136. The van der Waals surface area contributed by atoms with Gasteiger partial charge in [-0.05, 0) is 59.0 Å². The SMILES string of the molecule is COc1ccc(CC(=O)NN=Cc2ccc(OC(=O)c3cccs3)cc2)cc1OC. The second kappa shape index (κ2) is 10.2. The highest BCUT2D eigenvalue weighted by molar-refractivity contribution is 7.12. The Hall–Kier alpha value is -3.65. The third-order valence-electron chi connectivity index (χ3n) is 4.03. The Morgan fingerprint density at radius 3 is 2.47 bits per heavy atom. The van der Waals surface area contributed by atoms with Gasteiger partial charge in [-0.15, -0.1) is 11.3 Å². The van der Waals surface area contributed by atoms with Gasteiger partial charge in [0.1, 0.15) is 10.6 Å². The van der Waals surface area contributed by atoms with Crippen molar-refractivity contribution in [3.63, 3.8) is 0 Å². The quantitative estimate of drug-likeness (QED) is 0.258. The summed E-state index contributed by atoms with van der Waals surface area (Å²) in [6, 6.07) is 15.6. The Labute approximate surface area is 177 Å². The summed E-state index contributed by atoms with van der Waals surface area (Å²) in [5.41, 5.74) is 4.01. The molecule has 154 valence electrons. The summed E-state index contributed by atoms with van der Waals surface area (Å²) >= 11 is 1.32. The summed E-state index contributed by atoms with van der Waals surface area (Å²) in [5.74, 6) is 0.937. The maximum Gasteiger partial charge on any atom is 0.353 e. The molecule has 2 aromatic carbocycles. The number of carbonyl (C=O) groups is 2. The number of nitrogens with zero attached hydrogens (tertiary/aromatic N) is 1. The van der Waals surface area contributed by atoms with Crippen molar-refractivity contribution < 1.29 is 23.8 Å². The van der Waals surface area contributed by atoms with Gasteiger partial charge < -0.3 is 14.2 Å². The lowest BCUT2D eigenvalue weighted by Gasteiger charge is -2.09. The molecule has 0 aliphatic carbocycles. The van der Waals surface area contributed by atoms with Crippen molar-refractivity contribution in [2.75, 3.05) is 14.2 Å². The molecule has 3 rings (SSSR count). The van der Waals surface area contributed by atoms with Crippen LogP contribution in [0.3, 0.4) is 0 Å². The number of carbonyl (C=O) groups excluding carboxylic acids is 2. The van der Waals surface area contributed by atoms with Crippen molar-refractivity contribution in [2.45, 2.75) is 6.42 Å². The van der Waals surface area contributed by atoms with Crippen molar-refractivity contribution in [3.05, 3.63) is 76.0 Å². The number of rotatable bonds is 8. The number of benzene rings is 2. The fourth-order valence-electron chi connectivity index (χ4n) is 2.57. The summed E-state index contributed by atoms with van der Waals surface area (Å²) in [7, 11) is 3.10. The Balaban J connectivity index is 1.51. The molecule has 1 heterocycles. The molecule has 0 unspecified atom stereocenters. The standard InChI is InChI=1S/C22H20N2O5S/c1-27-18-10-7-16(12-19(18)28-2)13-21(25)24-23-14-15-5-8-17(9-6-15)29-22(26)20-4-3-11-30-20/h3-12,14H,13H2,1-2H3,(H,24,25). The number of hydrazone groups is 1. The zero-order valence-corrected chi connectivity index (χ0v) is 17.3. The van der Waals surface area contributed by atoms with E-state index in [0.29, 0.717) is 22.1 Å². The van der Waals surface area contributed by atoms with E-state index >= 15 is 0 Å². The summed E-state index contributed by atoms with van der Waals surface area (Å²) in [5, 5.41) is 5.77. The van der Waals surface area contributed by atoms with Crippen LogP contribution < -0.4 is 19.6 Å². The van der Waals surface area contributed by atoms with E-state index in [1.54, 1.807) is 68.8 Å². The summed E-state index contributed by atoms with van der Waals surface area (Å²) in [6.45, 7) is 0. The number of hydrogen-bond acceptors (Lipinski definition) is 7. The fourth-order valence-corrected chi connectivity index (χ4v) is 3.17. The predicted octanol–water partition coefficient (Wildman–Crippen LogP) is 3.68. The van der Waals surface area contributed by atoms with Crippen LogP contribution in [-0.2, 0) is 11.2 Å². The van der Waals surface area contributed by atoms with Gasteiger partial charge in [-0.25, -0.2) is 10.2 Å². The van der Waals surface area contributed by atoms with Crippen LogP contribution >= 0.6 is 11.3 Å². The molecule has 0 bridgehead atoms. The van der Waals surface area contributed by atoms with Crippen LogP contribution in [0, 0.1) is 0 Å². The number of amides is 1. The Morgan fingerprint density at radius 1 is 1.03 bits per heavy atom. The Kier molecular flexibility index (Phi) is 7.18. The zero-order valence-electron chi connectivity index (χ0n) is 16.5. The van der Waals surface area contributed by atoms with Crippen molar-refractivity contribution >= 4 is 29.4 Å². The van der Waals surface area contributed by atoms with E-state index in [9.17, 15) is 9.59 Å².